The highest BCUT2D eigenvalue weighted by atomic mass is 16.6. The molecule has 1 fully saturated rings. The minimum Gasteiger partial charge on any atom is -0.497 e. The van der Waals surface area contributed by atoms with E-state index >= 15 is 0 Å². The molecule has 33 heavy (non-hydrogen) atoms. The summed E-state index contributed by atoms with van der Waals surface area (Å²) in [7, 11) is 1.63. The maximum absolute atomic E-state index is 12.9. The average Bonchev–Trinajstić information content (AvgIpc) is 3.32. The van der Waals surface area contributed by atoms with E-state index in [1.54, 1.807) is 7.11 Å². The lowest BCUT2D eigenvalue weighted by molar-refractivity contribution is -0.121. The van der Waals surface area contributed by atoms with Gasteiger partial charge in [0, 0.05) is 23.9 Å². The van der Waals surface area contributed by atoms with Crippen molar-refractivity contribution in [2.45, 2.75) is 19.4 Å². The molecule has 1 N–H and O–H groups in total. The first kappa shape index (κ1) is 21.3. The fourth-order valence-corrected chi connectivity index (χ4v) is 4.15. The predicted octanol–water partition coefficient (Wildman–Crippen LogP) is 3.37. The number of carbonyl (C=O) groups excluding carboxylic acids is 1. The number of anilines is 1. The molecule has 2 aliphatic rings. The van der Waals surface area contributed by atoms with Crippen molar-refractivity contribution in [3.05, 3.63) is 48.4 Å². The quantitative estimate of drug-likeness (QED) is 0.610. The molecule has 0 saturated carbocycles. The van der Waals surface area contributed by atoms with Crippen LogP contribution in [-0.4, -0.2) is 54.4 Å². The first-order valence-corrected chi connectivity index (χ1v) is 11.1. The number of nitrogens with one attached hydrogen (secondary N) is 1. The topological polar surface area (TPSA) is 99.0 Å². The van der Waals surface area contributed by atoms with Crippen LogP contribution in [0.2, 0.25) is 0 Å². The van der Waals surface area contributed by atoms with Gasteiger partial charge in [-0.15, -0.1) is 0 Å². The molecule has 0 spiro atoms. The van der Waals surface area contributed by atoms with Gasteiger partial charge in [0.25, 0.3) is 0 Å². The smallest absolute Gasteiger partial charge is 0.241 e. The monoisotopic (exact) mass is 450 g/mol. The zero-order valence-corrected chi connectivity index (χ0v) is 18.5. The van der Waals surface area contributed by atoms with Crippen molar-refractivity contribution in [2.24, 2.45) is 5.92 Å². The summed E-state index contributed by atoms with van der Waals surface area (Å²) in [6.07, 6.45) is 1.77. The van der Waals surface area contributed by atoms with Crippen molar-refractivity contribution in [1.29, 1.82) is 0 Å². The third-order valence-corrected chi connectivity index (χ3v) is 5.86. The number of likely N-dealkylation sites (tertiary alicyclic amines) is 1. The van der Waals surface area contributed by atoms with Crippen LogP contribution in [-0.2, 0) is 11.3 Å². The first-order valence-electron chi connectivity index (χ1n) is 11.1. The predicted molar refractivity (Wildman–Crippen MR) is 120 cm³/mol. The Hall–Kier alpha value is -3.59. The fourth-order valence-electron chi connectivity index (χ4n) is 4.15. The van der Waals surface area contributed by atoms with E-state index in [2.05, 4.69) is 20.4 Å². The summed E-state index contributed by atoms with van der Waals surface area (Å²) in [5.41, 5.74) is 1.57. The molecule has 9 heteroatoms. The second kappa shape index (κ2) is 9.50. The summed E-state index contributed by atoms with van der Waals surface area (Å²) in [5, 5.41) is 7.12. The number of carbonyl (C=O) groups is 1. The molecule has 9 nitrogen and oxygen atoms in total. The minimum absolute atomic E-state index is 0.000767. The molecular formula is C24H26N4O5. The number of fused-ring (bicyclic) bond motifs is 1. The molecule has 2 aromatic carbocycles. The van der Waals surface area contributed by atoms with Gasteiger partial charge >= 0.3 is 0 Å². The molecule has 1 amide bonds. The molecule has 1 unspecified atom stereocenters. The van der Waals surface area contributed by atoms with Gasteiger partial charge in [-0.1, -0.05) is 5.16 Å². The second-order valence-electron chi connectivity index (χ2n) is 8.16. The van der Waals surface area contributed by atoms with E-state index in [0.717, 1.165) is 30.7 Å². The van der Waals surface area contributed by atoms with Crippen LogP contribution in [0.15, 0.2) is 47.0 Å². The zero-order chi connectivity index (χ0) is 22.6. The number of ether oxygens (including phenoxy) is 3. The van der Waals surface area contributed by atoms with Crippen LogP contribution in [0, 0.1) is 5.92 Å². The van der Waals surface area contributed by atoms with Crippen LogP contribution >= 0.6 is 0 Å². The third kappa shape index (κ3) is 4.93. The van der Waals surface area contributed by atoms with Crippen LogP contribution in [0.5, 0.6) is 17.2 Å². The van der Waals surface area contributed by atoms with E-state index in [1.165, 1.54) is 0 Å². The summed E-state index contributed by atoms with van der Waals surface area (Å²) in [5.74, 6) is 3.10. The van der Waals surface area contributed by atoms with E-state index in [0.29, 0.717) is 55.2 Å². The SMILES string of the molecule is COc1ccc(-c2noc(CN3CCCC(C(=O)Nc4ccc5c(c4)OCCO5)C3)n2)cc1. The molecule has 1 atom stereocenters. The molecule has 2 aliphatic heterocycles. The van der Waals surface area contributed by atoms with Gasteiger partial charge in [-0.05, 0) is 55.8 Å². The average molecular weight is 450 g/mol. The molecule has 0 radical (unpaired) electrons. The Morgan fingerprint density at radius 1 is 1.15 bits per heavy atom. The van der Waals surface area contributed by atoms with Gasteiger partial charge < -0.3 is 24.1 Å². The van der Waals surface area contributed by atoms with Crippen LogP contribution in [0.25, 0.3) is 11.4 Å². The van der Waals surface area contributed by atoms with Gasteiger partial charge in [0.2, 0.25) is 17.6 Å². The molecule has 0 bridgehead atoms. The molecule has 172 valence electrons. The highest BCUT2D eigenvalue weighted by molar-refractivity contribution is 5.93. The van der Waals surface area contributed by atoms with Gasteiger partial charge in [-0.3, -0.25) is 9.69 Å². The standard InChI is InChI=1S/C24H26N4O5/c1-30-19-7-4-16(5-8-19)23-26-22(33-27-23)15-28-10-2-3-17(14-28)24(29)25-18-6-9-20-21(13-18)32-12-11-31-20/h4-9,13,17H,2-3,10-12,14-15H2,1H3,(H,25,29). The minimum atomic E-state index is -0.115. The van der Waals surface area contributed by atoms with Crippen LogP contribution in [0.4, 0.5) is 5.69 Å². The summed E-state index contributed by atoms with van der Waals surface area (Å²) in [6, 6.07) is 13.0. The largest absolute Gasteiger partial charge is 0.497 e. The number of rotatable bonds is 6. The van der Waals surface area contributed by atoms with Gasteiger partial charge in [0.05, 0.1) is 19.6 Å². The molecule has 3 aromatic rings. The number of amides is 1. The van der Waals surface area contributed by atoms with Gasteiger partial charge in [-0.25, -0.2) is 0 Å². The van der Waals surface area contributed by atoms with Crippen molar-refractivity contribution in [3.63, 3.8) is 0 Å². The number of piperidine rings is 1. The number of benzene rings is 2. The lowest BCUT2D eigenvalue weighted by atomic mass is 9.97. The van der Waals surface area contributed by atoms with Gasteiger partial charge in [-0.2, -0.15) is 4.98 Å². The Morgan fingerprint density at radius 2 is 1.97 bits per heavy atom. The Balaban J connectivity index is 1.18. The highest BCUT2D eigenvalue weighted by Gasteiger charge is 2.27. The molecule has 1 saturated heterocycles. The van der Waals surface area contributed by atoms with Crippen LogP contribution < -0.4 is 19.5 Å². The van der Waals surface area contributed by atoms with E-state index in [9.17, 15) is 4.79 Å². The van der Waals surface area contributed by atoms with Crippen LogP contribution in [0.3, 0.4) is 0 Å². The molecule has 0 aliphatic carbocycles. The number of hydrogen-bond acceptors (Lipinski definition) is 8. The Bertz CT molecular complexity index is 1110. The number of hydrogen-bond donors (Lipinski definition) is 1. The Morgan fingerprint density at radius 3 is 2.79 bits per heavy atom. The maximum atomic E-state index is 12.9. The van der Waals surface area contributed by atoms with Crippen LogP contribution in [0.1, 0.15) is 18.7 Å². The molecule has 5 rings (SSSR count). The van der Waals surface area contributed by atoms with Gasteiger partial charge in [0.1, 0.15) is 19.0 Å². The third-order valence-electron chi connectivity index (χ3n) is 5.86. The molecule has 3 heterocycles. The van der Waals surface area contributed by atoms with E-state index < -0.39 is 0 Å². The summed E-state index contributed by atoms with van der Waals surface area (Å²) in [4.78, 5) is 19.6. The Kier molecular flexibility index (Phi) is 6.12. The van der Waals surface area contributed by atoms with Crippen molar-refractivity contribution in [1.82, 2.24) is 15.0 Å². The number of methoxy groups -OCH3 is 1. The van der Waals surface area contributed by atoms with Crippen molar-refractivity contribution in [3.8, 4) is 28.6 Å². The zero-order valence-electron chi connectivity index (χ0n) is 18.5. The summed E-state index contributed by atoms with van der Waals surface area (Å²) < 4.78 is 21.8. The highest BCUT2D eigenvalue weighted by Crippen LogP contribution is 2.33. The summed E-state index contributed by atoms with van der Waals surface area (Å²) in [6.45, 7) is 3.08. The van der Waals surface area contributed by atoms with E-state index in [-0.39, 0.29) is 11.8 Å². The summed E-state index contributed by atoms with van der Waals surface area (Å²) >= 11 is 0. The van der Waals surface area contributed by atoms with Crippen molar-refractivity contribution in [2.75, 3.05) is 38.7 Å². The molecule has 1 aromatic heterocycles. The maximum Gasteiger partial charge on any atom is 0.241 e. The number of nitrogens with zero attached hydrogens (tertiary/aromatic N) is 3. The van der Waals surface area contributed by atoms with Crippen molar-refractivity contribution >= 4 is 11.6 Å². The van der Waals surface area contributed by atoms with E-state index in [4.69, 9.17) is 18.7 Å². The molecular weight excluding hydrogens is 424 g/mol. The second-order valence-corrected chi connectivity index (χ2v) is 8.16. The lowest BCUT2D eigenvalue weighted by Gasteiger charge is -2.31. The van der Waals surface area contributed by atoms with E-state index in [1.807, 2.05) is 42.5 Å². The number of aromatic nitrogens is 2. The van der Waals surface area contributed by atoms with Gasteiger partial charge in [0.15, 0.2) is 11.5 Å². The first-order chi connectivity index (χ1) is 16.2. The van der Waals surface area contributed by atoms with Crippen molar-refractivity contribution < 1.29 is 23.5 Å². The normalized spacial score (nSPS) is 18.0. The fraction of sp³-hybridized carbons (Fsp3) is 0.375. The Labute approximate surface area is 191 Å². The lowest BCUT2D eigenvalue weighted by Crippen LogP contribution is -2.40.